The number of carboxylic acids is 1. The molecule has 2 aromatic rings. The summed E-state index contributed by atoms with van der Waals surface area (Å²) < 4.78 is 5.22. The highest BCUT2D eigenvalue weighted by atomic mass is 32.1. The quantitative estimate of drug-likeness (QED) is 0.817. The normalized spacial score (nSPS) is 10.0. The van der Waals surface area contributed by atoms with Gasteiger partial charge in [0.15, 0.2) is 10.8 Å². The zero-order valence-corrected chi connectivity index (χ0v) is 11.8. The van der Waals surface area contributed by atoms with Gasteiger partial charge in [-0.05, 0) is 12.1 Å². The van der Waals surface area contributed by atoms with Crippen LogP contribution in [0.3, 0.4) is 0 Å². The molecular weight excluding hydrogens is 292 g/mol. The minimum atomic E-state index is -1.10. The zero-order chi connectivity index (χ0) is 15.2. The summed E-state index contributed by atoms with van der Waals surface area (Å²) in [6, 6.07) is 3.53. The zero-order valence-electron chi connectivity index (χ0n) is 11.0. The van der Waals surface area contributed by atoms with Crippen molar-refractivity contribution in [1.29, 1.82) is 0 Å². The number of aliphatic carboxylic acids is 1. The topological polar surface area (TPSA) is 83.6 Å². The Labute approximate surface area is 125 Å². The fourth-order valence-electron chi connectivity index (χ4n) is 1.67. The molecule has 1 N–H and O–H groups in total. The smallest absolute Gasteiger partial charge is 0.323 e. The average Bonchev–Trinajstić information content (AvgIpc) is 3.07. The third kappa shape index (κ3) is 3.94. The molecule has 0 saturated carbocycles. The number of hydrogen-bond acceptors (Lipinski definition) is 5. The highest BCUT2D eigenvalue weighted by molar-refractivity contribution is 7.13. The Morgan fingerprint density at radius 2 is 2.33 bits per heavy atom. The number of amides is 1. The lowest BCUT2D eigenvalue weighted by Gasteiger charge is -2.17. The molecule has 108 valence electrons. The van der Waals surface area contributed by atoms with E-state index in [2.05, 4.69) is 10.9 Å². The lowest BCUT2D eigenvalue weighted by Crippen LogP contribution is -2.37. The second-order valence-corrected chi connectivity index (χ2v) is 5.00. The molecule has 1 amide bonds. The Kier molecular flexibility index (Phi) is 4.74. The predicted octanol–water partition coefficient (Wildman–Crippen LogP) is 1.49. The van der Waals surface area contributed by atoms with Gasteiger partial charge in [-0.3, -0.25) is 9.59 Å². The standard InChI is InChI=1S/C14H12N2O4S/c1-2-5-16(8-13(18)19)12(17)7-10-9-21-14(15-10)11-4-3-6-20-11/h1,3-4,6,9H,5,7-8H2,(H,18,19). The van der Waals surface area contributed by atoms with Crippen LogP contribution in [0.4, 0.5) is 0 Å². The molecule has 0 atom stereocenters. The fourth-order valence-corrected chi connectivity index (χ4v) is 2.46. The van der Waals surface area contributed by atoms with Gasteiger partial charge in [0.25, 0.3) is 0 Å². The Bertz CT molecular complexity index is 669. The van der Waals surface area contributed by atoms with E-state index >= 15 is 0 Å². The molecule has 0 radical (unpaired) electrons. The molecule has 0 spiro atoms. The van der Waals surface area contributed by atoms with Crippen LogP contribution in [0.2, 0.25) is 0 Å². The molecule has 0 unspecified atom stereocenters. The predicted molar refractivity (Wildman–Crippen MR) is 76.6 cm³/mol. The van der Waals surface area contributed by atoms with Crippen LogP contribution in [0.25, 0.3) is 10.8 Å². The van der Waals surface area contributed by atoms with Crippen LogP contribution in [0, 0.1) is 12.3 Å². The second kappa shape index (κ2) is 6.72. The number of hydrogen-bond donors (Lipinski definition) is 1. The Morgan fingerprint density at radius 3 is 2.95 bits per heavy atom. The van der Waals surface area contributed by atoms with E-state index in [1.807, 2.05) is 0 Å². The van der Waals surface area contributed by atoms with Crippen LogP contribution in [-0.4, -0.2) is 40.0 Å². The SMILES string of the molecule is C#CCN(CC(=O)O)C(=O)Cc1csc(-c2ccco2)n1. The van der Waals surface area contributed by atoms with Crippen LogP contribution < -0.4 is 0 Å². The molecule has 6 nitrogen and oxygen atoms in total. The molecule has 0 bridgehead atoms. The van der Waals surface area contributed by atoms with E-state index in [1.54, 1.807) is 23.8 Å². The van der Waals surface area contributed by atoms with E-state index in [1.165, 1.54) is 11.3 Å². The van der Waals surface area contributed by atoms with Crippen LogP contribution in [0.15, 0.2) is 28.2 Å². The number of thiazole rings is 1. The van der Waals surface area contributed by atoms with Crippen molar-refractivity contribution >= 4 is 23.2 Å². The van der Waals surface area contributed by atoms with Crippen molar-refractivity contribution < 1.29 is 19.1 Å². The molecule has 0 aliphatic heterocycles. The highest BCUT2D eigenvalue weighted by Gasteiger charge is 2.18. The third-order valence-electron chi connectivity index (χ3n) is 2.58. The summed E-state index contributed by atoms with van der Waals surface area (Å²) in [5, 5.41) is 11.2. The number of aromatic nitrogens is 1. The van der Waals surface area contributed by atoms with Gasteiger partial charge in [0, 0.05) is 5.38 Å². The maximum absolute atomic E-state index is 12.0. The van der Waals surface area contributed by atoms with Gasteiger partial charge in [-0.15, -0.1) is 17.8 Å². The van der Waals surface area contributed by atoms with Crippen LogP contribution in [0.5, 0.6) is 0 Å². The van der Waals surface area contributed by atoms with Gasteiger partial charge in [0.2, 0.25) is 5.91 Å². The maximum Gasteiger partial charge on any atom is 0.323 e. The first-order chi connectivity index (χ1) is 10.1. The average molecular weight is 304 g/mol. The minimum Gasteiger partial charge on any atom is -0.480 e. The third-order valence-corrected chi connectivity index (χ3v) is 3.48. The summed E-state index contributed by atoms with van der Waals surface area (Å²) in [6.07, 6.45) is 6.69. The minimum absolute atomic E-state index is 0.00612. The molecule has 2 heterocycles. The summed E-state index contributed by atoms with van der Waals surface area (Å²) in [5.74, 6) is 1.43. The summed E-state index contributed by atoms with van der Waals surface area (Å²) >= 11 is 1.36. The number of nitrogens with zero attached hydrogens (tertiary/aromatic N) is 2. The molecule has 0 aliphatic carbocycles. The number of carbonyl (C=O) groups excluding carboxylic acids is 1. The molecule has 2 rings (SSSR count). The molecule has 0 aliphatic rings. The molecule has 0 saturated heterocycles. The Balaban J connectivity index is 2.05. The number of terminal acetylenes is 1. The number of rotatable bonds is 6. The van der Waals surface area contributed by atoms with Crippen molar-refractivity contribution in [2.45, 2.75) is 6.42 Å². The van der Waals surface area contributed by atoms with Crippen molar-refractivity contribution in [3.63, 3.8) is 0 Å². The second-order valence-electron chi connectivity index (χ2n) is 4.15. The molecular formula is C14H12N2O4S. The molecule has 0 aromatic carbocycles. The molecule has 0 fully saturated rings. The lowest BCUT2D eigenvalue weighted by atomic mass is 10.3. The number of carbonyl (C=O) groups is 2. The van der Waals surface area contributed by atoms with Crippen molar-refractivity contribution in [2.75, 3.05) is 13.1 Å². The molecule has 2 aromatic heterocycles. The fraction of sp³-hybridized carbons (Fsp3) is 0.214. The lowest BCUT2D eigenvalue weighted by molar-refractivity contribution is -0.143. The van der Waals surface area contributed by atoms with E-state index in [0.717, 1.165) is 4.90 Å². The highest BCUT2D eigenvalue weighted by Crippen LogP contribution is 2.24. The van der Waals surface area contributed by atoms with Crippen molar-refractivity contribution in [3.8, 4) is 23.1 Å². The number of furan rings is 1. The monoisotopic (exact) mass is 304 g/mol. The van der Waals surface area contributed by atoms with E-state index < -0.39 is 12.5 Å². The summed E-state index contributed by atoms with van der Waals surface area (Å²) in [5.41, 5.74) is 0.559. The van der Waals surface area contributed by atoms with Crippen molar-refractivity contribution in [1.82, 2.24) is 9.88 Å². The van der Waals surface area contributed by atoms with Crippen LogP contribution in [-0.2, 0) is 16.0 Å². The summed E-state index contributed by atoms with van der Waals surface area (Å²) in [7, 11) is 0. The van der Waals surface area contributed by atoms with E-state index in [9.17, 15) is 9.59 Å². The molecule has 21 heavy (non-hydrogen) atoms. The summed E-state index contributed by atoms with van der Waals surface area (Å²) in [6.45, 7) is -0.460. The summed E-state index contributed by atoms with van der Waals surface area (Å²) in [4.78, 5) is 28.2. The number of carboxylic acid groups (broad SMARTS) is 1. The van der Waals surface area contributed by atoms with E-state index in [-0.39, 0.29) is 18.9 Å². The van der Waals surface area contributed by atoms with Gasteiger partial charge >= 0.3 is 5.97 Å². The van der Waals surface area contributed by atoms with Crippen LogP contribution in [0.1, 0.15) is 5.69 Å². The first-order valence-corrected chi connectivity index (χ1v) is 6.89. The van der Waals surface area contributed by atoms with Gasteiger partial charge in [-0.2, -0.15) is 0 Å². The molecule has 7 heteroatoms. The van der Waals surface area contributed by atoms with Gasteiger partial charge in [0.05, 0.1) is 24.9 Å². The van der Waals surface area contributed by atoms with E-state index in [4.69, 9.17) is 15.9 Å². The van der Waals surface area contributed by atoms with Gasteiger partial charge in [-0.25, -0.2) is 4.98 Å². The van der Waals surface area contributed by atoms with Crippen LogP contribution >= 0.6 is 11.3 Å². The van der Waals surface area contributed by atoms with Gasteiger partial charge in [0.1, 0.15) is 6.54 Å². The van der Waals surface area contributed by atoms with Crippen molar-refractivity contribution in [3.05, 3.63) is 29.5 Å². The van der Waals surface area contributed by atoms with Gasteiger partial charge in [-0.1, -0.05) is 5.92 Å². The van der Waals surface area contributed by atoms with Gasteiger partial charge < -0.3 is 14.4 Å². The Hall–Kier alpha value is -2.59. The van der Waals surface area contributed by atoms with Crippen molar-refractivity contribution in [2.24, 2.45) is 0 Å². The van der Waals surface area contributed by atoms with E-state index in [0.29, 0.717) is 16.5 Å². The first kappa shape index (κ1) is 14.8. The maximum atomic E-state index is 12.0. The Morgan fingerprint density at radius 1 is 1.52 bits per heavy atom. The first-order valence-electron chi connectivity index (χ1n) is 6.01. The largest absolute Gasteiger partial charge is 0.480 e.